The number of hydrogen-bond donors (Lipinski definition) is 0. The van der Waals surface area contributed by atoms with E-state index in [0.717, 1.165) is 11.3 Å². The third-order valence-corrected chi connectivity index (χ3v) is 6.77. The van der Waals surface area contributed by atoms with Gasteiger partial charge in [0.15, 0.2) is 6.10 Å². The molecule has 29 heavy (non-hydrogen) atoms. The lowest BCUT2D eigenvalue weighted by molar-refractivity contribution is -0.125. The highest BCUT2D eigenvalue weighted by Crippen LogP contribution is 2.32. The number of carbonyl (C=O) groups is 1. The summed E-state index contributed by atoms with van der Waals surface area (Å²) >= 11 is 0. The fourth-order valence-electron chi connectivity index (χ4n) is 3.30. The molecule has 3 rings (SSSR count). The molecule has 1 heterocycles. The molecule has 0 bridgehead atoms. The van der Waals surface area contributed by atoms with Crippen molar-refractivity contribution >= 4 is 21.6 Å². The van der Waals surface area contributed by atoms with Crippen molar-refractivity contribution < 1.29 is 22.7 Å². The minimum atomic E-state index is -3.51. The summed E-state index contributed by atoms with van der Waals surface area (Å²) in [4.78, 5) is 15.0. The molecule has 0 fully saturated rings. The number of hydrogen-bond acceptors (Lipinski definition) is 5. The first-order chi connectivity index (χ1) is 13.8. The lowest BCUT2D eigenvalue weighted by Crippen LogP contribution is -2.41. The van der Waals surface area contributed by atoms with Gasteiger partial charge in [0.1, 0.15) is 11.5 Å². The lowest BCUT2D eigenvalue weighted by Gasteiger charge is -2.24. The summed E-state index contributed by atoms with van der Waals surface area (Å²) in [6, 6.07) is 12.1. The van der Waals surface area contributed by atoms with Gasteiger partial charge in [0.25, 0.3) is 5.91 Å². The van der Waals surface area contributed by atoms with E-state index in [4.69, 9.17) is 9.47 Å². The van der Waals surface area contributed by atoms with Crippen LogP contribution in [0.25, 0.3) is 0 Å². The number of nitrogens with zero attached hydrogens (tertiary/aromatic N) is 2. The third kappa shape index (κ3) is 4.23. The van der Waals surface area contributed by atoms with Crippen molar-refractivity contribution in [2.24, 2.45) is 0 Å². The summed E-state index contributed by atoms with van der Waals surface area (Å²) in [6.07, 6.45) is 0.473. The van der Waals surface area contributed by atoms with E-state index in [1.807, 2.05) is 19.1 Å². The van der Waals surface area contributed by atoms with Crippen LogP contribution in [-0.4, -0.2) is 52.5 Å². The van der Waals surface area contributed by atoms with Gasteiger partial charge < -0.3 is 14.4 Å². The first kappa shape index (κ1) is 21.1. The molecule has 7 nitrogen and oxygen atoms in total. The number of methoxy groups -OCH3 is 1. The Bertz CT molecular complexity index is 1000. The molecular formula is C21H26N2O5S. The smallest absolute Gasteiger partial charge is 0.268 e. The molecule has 156 valence electrons. The van der Waals surface area contributed by atoms with Crippen molar-refractivity contribution in [1.29, 1.82) is 0 Å². The molecule has 1 atom stereocenters. The molecule has 0 saturated heterocycles. The predicted octanol–water partition coefficient (Wildman–Crippen LogP) is 2.69. The molecule has 1 aliphatic rings. The van der Waals surface area contributed by atoms with Crippen LogP contribution in [0.2, 0.25) is 0 Å². The first-order valence-electron chi connectivity index (χ1n) is 9.45. The number of carbonyl (C=O) groups excluding carboxylic acids is 1. The van der Waals surface area contributed by atoms with E-state index in [2.05, 4.69) is 0 Å². The molecule has 1 aliphatic heterocycles. The maximum absolute atomic E-state index is 13.1. The summed E-state index contributed by atoms with van der Waals surface area (Å²) < 4.78 is 37.1. The van der Waals surface area contributed by atoms with Crippen LogP contribution in [-0.2, 0) is 21.2 Å². The molecule has 2 aromatic carbocycles. The largest absolute Gasteiger partial charge is 0.497 e. The highest BCUT2D eigenvalue weighted by atomic mass is 32.2. The van der Waals surface area contributed by atoms with Crippen molar-refractivity contribution in [2.45, 2.75) is 30.8 Å². The number of amides is 1. The van der Waals surface area contributed by atoms with Crippen molar-refractivity contribution in [3.63, 3.8) is 0 Å². The van der Waals surface area contributed by atoms with Crippen LogP contribution in [0, 0.1) is 0 Å². The average Bonchev–Trinajstić information content (AvgIpc) is 3.14. The minimum absolute atomic E-state index is 0.141. The normalized spacial score (nSPS) is 14.6. The van der Waals surface area contributed by atoms with Gasteiger partial charge in [0.2, 0.25) is 10.0 Å². The van der Waals surface area contributed by atoms with Crippen LogP contribution in [0.4, 0.5) is 5.69 Å². The Morgan fingerprint density at radius 3 is 2.55 bits per heavy atom. The van der Waals surface area contributed by atoms with E-state index in [1.54, 1.807) is 42.3 Å². The molecule has 1 amide bonds. The van der Waals surface area contributed by atoms with Crippen LogP contribution in [0.15, 0.2) is 47.4 Å². The number of rotatable bonds is 7. The molecule has 0 spiro atoms. The maximum Gasteiger partial charge on any atom is 0.268 e. The molecule has 8 heteroatoms. The first-order valence-corrected chi connectivity index (χ1v) is 10.9. The van der Waals surface area contributed by atoms with Gasteiger partial charge in [-0.05, 0) is 48.7 Å². The Morgan fingerprint density at radius 2 is 1.90 bits per heavy atom. The van der Waals surface area contributed by atoms with Gasteiger partial charge in [-0.25, -0.2) is 12.7 Å². The van der Waals surface area contributed by atoms with Gasteiger partial charge in [-0.2, -0.15) is 0 Å². The second-order valence-electron chi connectivity index (χ2n) is 7.01. The number of sulfonamides is 1. The lowest BCUT2D eigenvalue weighted by atomic mass is 10.1. The Hall–Kier alpha value is -2.58. The number of fused-ring (bicyclic) bond motifs is 1. The summed E-state index contributed by atoms with van der Waals surface area (Å²) in [5.41, 5.74) is 1.58. The fraction of sp³-hybridized carbons (Fsp3) is 0.381. The molecule has 0 N–H and O–H groups in total. The topological polar surface area (TPSA) is 76.1 Å². The summed E-state index contributed by atoms with van der Waals surface area (Å²) in [5.74, 6) is 1.08. The molecule has 0 radical (unpaired) electrons. The van der Waals surface area contributed by atoms with Gasteiger partial charge in [-0.3, -0.25) is 4.79 Å². The number of anilines is 1. The maximum atomic E-state index is 13.1. The van der Waals surface area contributed by atoms with Gasteiger partial charge in [-0.15, -0.1) is 0 Å². The Kier molecular flexibility index (Phi) is 6.14. The van der Waals surface area contributed by atoms with Gasteiger partial charge >= 0.3 is 0 Å². The van der Waals surface area contributed by atoms with Gasteiger partial charge in [-0.1, -0.05) is 13.0 Å². The number of benzene rings is 2. The molecule has 1 unspecified atom stereocenters. The second kappa shape index (κ2) is 8.42. The number of ether oxygens (including phenoxy) is 2. The van der Waals surface area contributed by atoms with Crippen LogP contribution in [0.1, 0.15) is 18.9 Å². The van der Waals surface area contributed by atoms with Crippen LogP contribution < -0.4 is 14.4 Å². The van der Waals surface area contributed by atoms with Crippen molar-refractivity contribution in [1.82, 2.24) is 4.31 Å². The van der Waals surface area contributed by atoms with E-state index in [9.17, 15) is 13.2 Å². The van der Waals surface area contributed by atoms with E-state index >= 15 is 0 Å². The van der Waals surface area contributed by atoms with Gasteiger partial charge in [0.05, 0.1) is 12.0 Å². The monoisotopic (exact) mass is 418 g/mol. The van der Waals surface area contributed by atoms with Crippen LogP contribution in [0.5, 0.6) is 11.5 Å². The summed E-state index contributed by atoms with van der Waals surface area (Å²) in [7, 11) is 1.07. The molecule has 2 aromatic rings. The Balaban J connectivity index is 1.82. The van der Waals surface area contributed by atoms with Crippen molar-refractivity contribution in [2.75, 3.05) is 32.6 Å². The molecule has 0 saturated carbocycles. The second-order valence-corrected chi connectivity index (χ2v) is 9.16. The van der Waals surface area contributed by atoms with Crippen LogP contribution in [0.3, 0.4) is 0 Å². The molecular weight excluding hydrogens is 392 g/mol. The van der Waals surface area contributed by atoms with Crippen LogP contribution >= 0.6 is 0 Å². The van der Waals surface area contributed by atoms with E-state index in [-0.39, 0.29) is 10.8 Å². The summed E-state index contributed by atoms with van der Waals surface area (Å²) in [6.45, 7) is 2.39. The zero-order chi connectivity index (χ0) is 21.2. The van der Waals surface area contributed by atoms with E-state index in [1.165, 1.54) is 18.4 Å². The standard InChI is InChI=1S/C21H26N2O5S/c1-5-20(28-17-8-6-7-16(14-17)27-4)21(24)23-12-11-15-13-18(9-10-19(15)23)29(25,26)22(2)3/h6-10,13-14,20H,5,11-12H2,1-4H3. The zero-order valence-corrected chi connectivity index (χ0v) is 17.9. The minimum Gasteiger partial charge on any atom is -0.497 e. The Morgan fingerprint density at radius 1 is 1.17 bits per heavy atom. The highest BCUT2D eigenvalue weighted by Gasteiger charge is 2.32. The third-order valence-electron chi connectivity index (χ3n) is 4.96. The van der Waals surface area contributed by atoms with Crippen molar-refractivity contribution in [3.05, 3.63) is 48.0 Å². The highest BCUT2D eigenvalue weighted by molar-refractivity contribution is 7.89. The molecule has 0 aromatic heterocycles. The van der Waals surface area contributed by atoms with Gasteiger partial charge in [0, 0.05) is 32.4 Å². The average molecular weight is 419 g/mol. The zero-order valence-electron chi connectivity index (χ0n) is 17.1. The van der Waals surface area contributed by atoms with E-state index < -0.39 is 16.1 Å². The Labute approximate surface area is 171 Å². The quantitative estimate of drug-likeness (QED) is 0.691. The van der Waals surface area contributed by atoms with E-state index in [0.29, 0.717) is 30.9 Å². The SMILES string of the molecule is CCC(Oc1cccc(OC)c1)C(=O)N1CCc2cc(S(=O)(=O)N(C)C)ccc21. The summed E-state index contributed by atoms with van der Waals surface area (Å²) in [5, 5.41) is 0. The van der Waals surface area contributed by atoms with Crippen molar-refractivity contribution in [3.8, 4) is 11.5 Å². The molecule has 0 aliphatic carbocycles. The predicted molar refractivity (Wildman–Crippen MR) is 111 cm³/mol. The fourth-order valence-corrected chi connectivity index (χ4v) is 4.25.